The third kappa shape index (κ3) is 2.40. The van der Waals surface area contributed by atoms with Gasteiger partial charge in [-0.1, -0.05) is 6.08 Å². The van der Waals surface area contributed by atoms with Crippen LogP contribution in [0.3, 0.4) is 0 Å². The molecular weight excluding hydrogens is 266 g/mol. The Hall–Kier alpha value is -1.55. The first kappa shape index (κ1) is 13.4. The minimum absolute atomic E-state index is 0.390. The minimum atomic E-state index is 0.390. The van der Waals surface area contributed by atoms with Crippen molar-refractivity contribution in [2.45, 2.75) is 16.2 Å². The summed E-state index contributed by atoms with van der Waals surface area (Å²) in [6.07, 6.45) is 6.83. The van der Waals surface area contributed by atoms with Crippen molar-refractivity contribution in [2.75, 3.05) is 38.4 Å². The highest BCUT2D eigenvalue weighted by Crippen LogP contribution is 2.42. The molecule has 2 unspecified atom stereocenters. The number of anilines is 2. The number of likely N-dealkylation sites (N-methyl/N-ethyl adjacent to an activating group) is 1. The topological polar surface area (TPSA) is 18.5 Å². The fourth-order valence-electron chi connectivity index (χ4n) is 2.51. The largest absolute Gasteiger partial charge is 0.378 e. The molecule has 106 valence electrons. The molecule has 0 saturated carbocycles. The first-order valence-corrected chi connectivity index (χ1v) is 7.74. The molecule has 3 rings (SSSR count). The van der Waals surface area contributed by atoms with Crippen LogP contribution in [0.1, 0.15) is 0 Å². The number of hydrogen-bond donors (Lipinski definition) is 1. The summed E-state index contributed by atoms with van der Waals surface area (Å²) >= 11 is 1.95. The molecule has 1 heterocycles. The van der Waals surface area contributed by atoms with Crippen LogP contribution >= 0.6 is 11.8 Å². The molecule has 1 aromatic rings. The van der Waals surface area contributed by atoms with E-state index in [0.717, 1.165) is 0 Å². The average Bonchev–Trinajstić information content (AvgIpc) is 2.43. The molecule has 0 saturated heterocycles. The second-order valence-electron chi connectivity index (χ2n) is 5.67. The average molecular weight is 287 g/mol. The molecule has 0 radical (unpaired) electrons. The van der Waals surface area contributed by atoms with E-state index in [1.54, 1.807) is 0 Å². The number of thioether (sulfide) groups is 1. The zero-order valence-corrected chi connectivity index (χ0v) is 13.2. The number of benzene rings is 1. The second kappa shape index (κ2) is 5.09. The SMILES string of the molecule is CN(C)C1=CC2Sc3cc(N(C)C)ccc3NC2C=C1. The molecule has 1 aromatic carbocycles. The number of hydrogen-bond acceptors (Lipinski definition) is 4. The second-order valence-corrected chi connectivity index (χ2v) is 6.89. The highest BCUT2D eigenvalue weighted by molar-refractivity contribution is 8.00. The first-order valence-electron chi connectivity index (χ1n) is 6.86. The Morgan fingerprint density at radius 1 is 1.10 bits per heavy atom. The Bertz CT molecular complexity index is 575. The van der Waals surface area contributed by atoms with E-state index >= 15 is 0 Å². The molecule has 0 amide bonds. The van der Waals surface area contributed by atoms with Crippen LogP contribution in [0.4, 0.5) is 11.4 Å². The summed E-state index contributed by atoms with van der Waals surface area (Å²) in [5.41, 5.74) is 3.78. The lowest BCUT2D eigenvalue weighted by molar-refractivity contribution is 0.522. The van der Waals surface area contributed by atoms with E-state index in [1.165, 1.54) is 22.0 Å². The van der Waals surface area contributed by atoms with Gasteiger partial charge in [-0.3, -0.25) is 0 Å². The van der Waals surface area contributed by atoms with Crippen LogP contribution in [-0.2, 0) is 0 Å². The van der Waals surface area contributed by atoms with Gasteiger partial charge in [0, 0.05) is 50.2 Å². The maximum Gasteiger partial charge on any atom is 0.0606 e. The Morgan fingerprint density at radius 2 is 1.90 bits per heavy atom. The molecule has 0 aromatic heterocycles. The lowest BCUT2D eigenvalue weighted by Crippen LogP contribution is -2.34. The van der Waals surface area contributed by atoms with Crippen molar-refractivity contribution >= 4 is 23.1 Å². The van der Waals surface area contributed by atoms with Gasteiger partial charge in [0.15, 0.2) is 0 Å². The Morgan fingerprint density at radius 3 is 2.60 bits per heavy atom. The highest BCUT2D eigenvalue weighted by atomic mass is 32.2. The maximum absolute atomic E-state index is 3.64. The van der Waals surface area contributed by atoms with Crippen molar-refractivity contribution in [3.05, 3.63) is 42.1 Å². The molecule has 3 nitrogen and oxygen atoms in total. The van der Waals surface area contributed by atoms with E-state index in [0.29, 0.717) is 11.3 Å². The van der Waals surface area contributed by atoms with Gasteiger partial charge < -0.3 is 15.1 Å². The van der Waals surface area contributed by atoms with E-state index in [-0.39, 0.29) is 0 Å². The summed E-state index contributed by atoms with van der Waals surface area (Å²) in [7, 11) is 8.35. The van der Waals surface area contributed by atoms with Gasteiger partial charge in [0.05, 0.1) is 11.3 Å². The predicted octanol–water partition coefficient (Wildman–Crippen LogP) is 3.02. The van der Waals surface area contributed by atoms with Crippen LogP contribution in [0.15, 0.2) is 47.0 Å². The van der Waals surface area contributed by atoms with E-state index in [9.17, 15) is 0 Å². The van der Waals surface area contributed by atoms with Crippen LogP contribution in [0.2, 0.25) is 0 Å². The quantitative estimate of drug-likeness (QED) is 0.901. The van der Waals surface area contributed by atoms with Gasteiger partial charge in [-0.2, -0.15) is 0 Å². The molecule has 1 aliphatic carbocycles. The Kier molecular flexibility index (Phi) is 3.42. The van der Waals surface area contributed by atoms with Gasteiger partial charge in [-0.25, -0.2) is 0 Å². The van der Waals surface area contributed by atoms with Crippen LogP contribution in [0, 0.1) is 0 Å². The zero-order valence-electron chi connectivity index (χ0n) is 12.4. The van der Waals surface area contributed by atoms with Crippen molar-refractivity contribution in [1.29, 1.82) is 0 Å². The molecule has 0 bridgehead atoms. The van der Waals surface area contributed by atoms with Crippen LogP contribution in [-0.4, -0.2) is 44.4 Å². The van der Waals surface area contributed by atoms with Crippen molar-refractivity contribution < 1.29 is 0 Å². The fourth-order valence-corrected chi connectivity index (χ4v) is 3.76. The monoisotopic (exact) mass is 287 g/mol. The van der Waals surface area contributed by atoms with E-state index in [2.05, 4.69) is 79.7 Å². The molecule has 2 aliphatic rings. The van der Waals surface area contributed by atoms with Crippen LogP contribution < -0.4 is 10.2 Å². The first-order chi connectivity index (χ1) is 9.54. The molecule has 1 aliphatic heterocycles. The normalized spacial score (nSPS) is 23.3. The van der Waals surface area contributed by atoms with Gasteiger partial charge in [0.2, 0.25) is 0 Å². The summed E-state index contributed by atoms with van der Waals surface area (Å²) in [4.78, 5) is 5.65. The maximum atomic E-state index is 3.64. The zero-order chi connectivity index (χ0) is 14.3. The van der Waals surface area contributed by atoms with E-state index < -0.39 is 0 Å². The van der Waals surface area contributed by atoms with Crippen molar-refractivity contribution in [1.82, 2.24) is 4.90 Å². The smallest absolute Gasteiger partial charge is 0.0606 e. The summed E-state index contributed by atoms with van der Waals surface area (Å²) in [5.74, 6) is 0. The molecular formula is C16H21N3S. The molecule has 0 spiro atoms. The lowest BCUT2D eigenvalue weighted by atomic mass is 10.0. The lowest BCUT2D eigenvalue weighted by Gasteiger charge is -2.34. The third-order valence-electron chi connectivity index (χ3n) is 3.75. The molecule has 4 heteroatoms. The third-order valence-corrected chi connectivity index (χ3v) is 5.04. The number of fused-ring (bicyclic) bond motifs is 2. The molecule has 2 atom stereocenters. The fraction of sp³-hybridized carbons (Fsp3) is 0.375. The van der Waals surface area contributed by atoms with Gasteiger partial charge in [-0.05, 0) is 30.4 Å². The van der Waals surface area contributed by atoms with Gasteiger partial charge in [-0.15, -0.1) is 11.8 Å². The summed E-state index contributed by atoms with van der Waals surface area (Å²) in [6, 6.07) is 7.01. The highest BCUT2D eigenvalue weighted by Gasteiger charge is 2.28. The van der Waals surface area contributed by atoms with Crippen molar-refractivity contribution in [3.8, 4) is 0 Å². The summed E-state index contributed by atoms with van der Waals surface area (Å²) < 4.78 is 0. The van der Waals surface area contributed by atoms with Crippen molar-refractivity contribution in [3.63, 3.8) is 0 Å². The molecule has 0 fully saturated rings. The van der Waals surface area contributed by atoms with Crippen LogP contribution in [0.5, 0.6) is 0 Å². The molecule has 20 heavy (non-hydrogen) atoms. The summed E-state index contributed by atoms with van der Waals surface area (Å²) in [6.45, 7) is 0. The van der Waals surface area contributed by atoms with Crippen molar-refractivity contribution in [2.24, 2.45) is 0 Å². The van der Waals surface area contributed by atoms with Gasteiger partial charge in [0.25, 0.3) is 0 Å². The standard InChI is InChI=1S/C16H21N3S/c1-18(2)11-5-7-13-15(9-11)20-16-10-12(19(3)4)6-8-14(16)17-13/h5-10,13,15,17H,1-4H3. The summed E-state index contributed by atoms with van der Waals surface area (Å²) in [5, 5.41) is 4.10. The van der Waals surface area contributed by atoms with Gasteiger partial charge in [0.1, 0.15) is 0 Å². The minimum Gasteiger partial charge on any atom is -0.378 e. The Balaban J connectivity index is 1.90. The van der Waals surface area contributed by atoms with Crippen LogP contribution in [0.25, 0.3) is 0 Å². The number of nitrogens with one attached hydrogen (secondary N) is 1. The molecule has 1 N–H and O–H groups in total. The number of nitrogens with zero attached hydrogens (tertiary/aromatic N) is 2. The predicted molar refractivity (Wildman–Crippen MR) is 88.7 cm³/mol. The van der Waals surface area contributed by atoms with Gasteiger partial charge >= 0.3 is 0 Å². The van der Waals surface area contributed by atoms with E-state index in [4.69, 9.17) is 0 Å². The number of rotatable bonds is 2. The number of allylic oxidation sites excluding steroid dienone is 1. The van der Waals surface area contributed by atoms with E-state index in [1.807, 2.05) is 11.8 Å². The Labute approximate surface area is 125 Å².